The van der Waals surface area contributed by atoms with Crippen LogP contribution in [0.5, 0.6) is 0 Å². The lowest BCUT2D eigenvalue weighted by Gasteiger charge is -2.21. The molecule has 0 aromatic rings. The molecule has 0 heterocycles. The summed E-state index contributed by atoms with van der Waals surface area (Å²) in [5, 5.41) is 0. The monoisotopic (exact) mass is 189 g/mol. The predicted molar refractivity (Wildman–Crippen MR) is 57.8 cm³/mol. The fourth-order valence-electron chi connectivity index (χ4n) is 1.41. The van der Waals surface area contributed by atoms with Gasteiger partial charge >= 0.3 is 0 Å². The second-order valence-electron chi connectivity index (χ2n) is 3.82. The van der Waals surface area contributed by atoms with Crippen LogP contribution in [0.25, 0.3) is 0 Å². The molecule has 0 saturated carbocycles. The van der Waals surface area contributed by atoms with Gasteiger partial charge in [0.1, 0.15) is 0 Å². The maximum absolute atomic E-state index is 10.2. The molecule has 0 saturated heterocycles. The third-order valence-corrected chi connectivity index (χ3v) is 2.44. The number of carbonyl (C=O) groups excluding carboxylic acids is 1. The molecule has 1 aliphatic carbocycles. The summed E-state index contributed by atoms with van der Waals surface area (Å²) in [5.41, 5.74) is 1.92. The van der Waals surface area contributed by atoms with Gasteiger partial charge in [-0.3, -0.25) is 0 Å². The molecule has 2 heteroatoms. The van der Waals surface area contributed by atoms with Crippen molar-refractivity contribution in [3.8, 4) is 0 Å². The lowest BCUT2D eigenvalue weighted by atomic mass is 9.89. The number of aliphatic imine (C=N–C) groups is 1. The van der Waals surface area contributed by atoms with Gasteiger partial charge < -0.3 is 0 Å². The molecule has 0 aromatic heterocycles. The molecule has 0 unspecified atom stereocenters. The van der Waals surface area contributed by atoms with Gasteiger partial charge in [-0.25, -0.2) is 4.79 Å². The smallest absolute Gasteiger partial charge is 0.211 e. The van der Waals surface area contributed by atoms with Crippen molar-refractivity contribution >= 4 is 6.08 Å². The van der Waals surface area contributed by atoms with Gasteiger partial charge in [-0.2, -0.15) is 4.99 Å². The molecule has 0 bridgehead atoms. The largest absolute Gasteiger partial charge is 0.235 e. The van der Waals surface area contributed by atoms with Crippen molar-refractivity contribution in [2.75, 3.05) is 0 Å². The molecule has 0 fully saturated rings. The van der Waals surface area contributed by atoms with Crippen LogP contribution in [-0.2, 0) is 4.79 Å². The Morgan fingerprint density at radius 2 is 2.21 bits per heavy atom. The van der Waals surface area contributed by atoms with E-state index in [0.717, 1.165) is 12.0 Å². The van der Waals surface area contributed by atoms with Gasteiger partial charge in [-0.1, -0.05) is 24.3 Å². The Hall–Kier alpha value is -1.40. The summed E-state index contributed by atoms with van der Waals surface area (Å²) in [6, 6.07) is 0. The van der Waals surface area contributed by atoms with E-state index in [1.807, 2.05) is 26.8 Å². The van der Waals surface area contributed by atoms with Crippen LogP contribution >= 0.6 is 0 Å². The van der Waals surface area contributed by atoms with Crippen LogP contribution in [-0.4, -0.2) is 11.6 Å². The molecular weight excluding hydrogens is 174 g/mol. The van der Waals surface area contributed by atoms with E-state index in [9.17, 15) is 4.79 Å². The third-order valence-electron chi connectivity index (χ3n) is 2.44. The molecule has 1 rings (SSSR count). The molecule has 0 spiro atoms. The third kappa shape index (κ3) is 2.30. The number of isocyanates is 1. The summed E-state index contributed by atoms with van der Waals surface area (Å²) < 4.78 is 0. The van der Waals surface area contributed by atoms with E-state index in [1.165, 1.54) is 5.57 Å². The van der Waals surface area contributed by atoms with E-state index >= 15 is 0 Å². The highest BCUT2D eigenvalue weighted by Crippen LogP contribution is 2.26. The number of rotatable bonds is 2. The zero-order chi connectivity index (χ0) is 10.6. The van der Waals surface area contributed by atoms with Gasteiger partial charge in [0.15, 0.2) is 0 Å². The van der Waals surface area contributed by atoms with E-state index < -0.39 is 5.54 Å². The summed E-state index contributed by atoms with van der Waals surface area (Å²) in [6.45, 7) is 5.84. The van der Waals surface area contributed by atoms with Crippen LogP contribution in [0.4, 0.5) is 0 Å². The minimum Gasteiger partial charge on any atom is -0.211 e. The average molecular weight is 189 g/mol. The Kier molecular flexibility index (Phi) is 3.21. The summed E-state index contributed by atoms with van der Waals surface area (Å²) >= 11 is 0. The molecule has 14 heavy (non-hydrogen) atoms. The molecule has 0 N–H and O–H groups in total. The van der Waals surface area contributed by atoms with Gasteiger partial charge in [0.05, 0.1) is 5.54 Å². The van der Waals surface area contributed by atoms with Crippen LogP contribution in [0, 0.1) is 0 Å². The first kappa shape index (κ1) is 10.7. The summed E-state index contributed by atoms with van der Waals surface area (Å²) in [7, 11) is 0. The quantitative estimate of drug-likeness (QED) is 0.485. The van der Waals surface area contributed by atoms with Gasteiger partial charge in [-0.05, 0) is 38.3 Å². The van der Waals surface area contributed by atoms with E-state index in [2.05, 4.69) is 23.2 Å². The zero-order valence-electron chi connectivity index (χ0n) is 8.87. The van der Waals surface area contributed by atoms with Crippen molar-refractivity contribution < 1.29 is 4.79 Å². The zero-order valence-corrected chi connectivity index (χ0v) is 8.87. The maximum atomic E-state index is 10.2. The highest BCUT2D eigenvalue weighted by molar-refractivity contribution is 5.44. The van der Waals surface area contributed by atoms with Gasteiger partial charge in [0.2, 0.25) is 6.08 Å². The molecule has 2 nitrogen and oxygen atoms in total. The Bertz CT molecular complexity index is 353. The van der Waals surface area contributed by atoms with E-state index in [0.29, 0.717) is 0 Å². The molecule has 1 aliphatic rings. The van der Waals surface area contributed by atoms with Crippen molar-refractivity contribution in [1.29, 1.82) is 0 Å². The summed E-state index contributed by atoms with van der Waals surface area (Å²) in [5.74, 6) is 0. The highest BCUT2D eigenvalue weighted by atomic mass is 16.1. The van der Waals surface area contributed by atoms with Gasteiger partial charge in [0.25, 0.3) is 0 Å². The number of nitrogens with zero attached hydrogens (tertiary/aromatic N) is 1. The minimum absolute atomic E-state index is 0.447. The molecule has 74 valence electrons. The molecule has 0 aliphatic heterocycles. The van der Waals surface area contributed by atoms with Crippen LogP contribution in [0.2, 0.25) is 0 Å². The lowest BCUT2D eigenvalue weighted by molar-refractivity contribution is 0.546. The van der Waals surface area contributed by atoms with Gasteiger partial charge in [0, 0.05) is 0 Å². The Morgan fingerprint density at radius 1 is 1.50 bits per heavy atom. The van der Waals surface area contributed by atoms with Crippen LogP contribution in [0.15, 0.2) is 40.4 Å². The summed E-state index contributed by atoms with van der Waals surface area (Å²) in [6.07, 6.45) is 10.8. The van der Waals surface area contributed by atoms with Crippen molar-refractivity contribution in [2.24, 2.45) is 4.99 Å². The molecule has 0 amide bonds. The highest BCUT2D eigenvalue weighted by Gasteiger charge is 2.21. The SMILES string of the molecule is CC=C1C=CC(C(C)(C)N=C=O)=CC1. The number of hydrogen-bond acceptors (Lipinski definition) is 2. The van der Waals surface area contributed by atoms with Crippen LogP contribution in [0.1, 0.15) is 27.2 Å². The van der Waals surface area contributed by atoms with Gasteiger partial charge in [-0.15, -0.1) is 0 Å². The summed E-state index contributed by atoms with van der Waals surface area (Å²) in [4.78, 5) is 14.0. The molecule has 0 radical (unpaired) electrons. The fraction of sp³-hybridized carbons (Fsp3) is 0.417. The van der Waals surface area contributed by atoms with Crippen molar-refractivity contribution in [2.45, 2.75) is 32.7 Å². The first-order valence-corrected chi connectivity index (χ1v) is 4.73. The normalized spacial score (nSPS) is 19.1. The second kappa shape index (κ2) is 4.21. The molecular formula is C12H15NO. The Labute approximate surface area is 84.7 Å². The number of hydrogen-bond donors (Lipinski definition) is 0. The first-order valence-electron chi connectivity index (χ1n) is 4.73. The Balaban J connectivity index is 2.89. The molecule has 0 aromatic carbocycles. The van der Waals surface area contributed by atoms with E-state index in [4.69, 9.17) is 0 Å². The maximum Gasteiger partial charge on any atom is 0.235 e. The van der Waals surface area contributed by atoms with E-state index in [-0.39, 0.29) is 0 Å². The fourth-order valence-corrected chi connectivity index (χ4v) is 1.41. The number of allylic oxidation sites excluding steroid dienone is 4. The van der Waals surface area contributed by atoms with Crippen molar-refractivity contribution in [3.05, 3.63) is 35.5 Å². The predicted octanol–water partition coefficient (Wildman–Crippen LogP) is 2.93. The van der Waals surface area contributed by atoms with Crippen molar-refractivity contribution in [1.82, 2.24) is 0 Å². The lowest BCUT2D eigenvalue weighted by Crippen LogP contribution is -2.19. The Morgan fingerprint density at radius 3 is 2.64 bits per heavy atom. The average Bonchev–Trinajstić information content (AvgIpc) is 2.18. The van der Waals surface area contributed by atoms with Crippen LogP contribution in [0.3, 0.4) is 0 Å². The van der Waals surface area contributed by atoms with Crippen molar-refractivity contribution in [3.63, 3.8) is 0 Å². The first-order chi connectivity index (χ1) is 6.60. The topological polar surface area (TPSA) is 29.4 Å². The standard InChI is InChI=1S/C12H15NO/c1-4-10-5-7-11(8-6-10)12(2,3)13-9-14/h4-5,7-8H,6H2,1-3H3. The van der Waals surface area contributed by atoms with E-state index in [1.54, 1.807) is 6.08 Å². The molecule has 0 atom stereocenters. The second-order valence-corrected chi connectivity index (χ2v) is 3.82. The minimum atomic E-state index is -0.447. The van der Waals surface area contributed by atoms with Crippen LogP contribution < -0.4 is 0 Å².